The van der Waals surface area contributed by atoms with Crippen molar-refractivity contribution in [3.8, 4) is 5.75 Å². The predicted octanol–water partition coefficient (Wildman–Crippen LogP) is 3.02. The molecule has 1 N–H and O–H groups in total. The number of nitrogens with one attached hydrogen (secondary N) is 1. The fraction of sp³-hybridized carbons (Fsp3) is 0.542. The number of amides is 1. The summed E-state index contributed by atoms with van der Waals surface area (Å²) in [6, 6.07) is 7.71. The number of aliphatic imine (C=N–C) groups is 1. The molecule has 0 aliphatic carbocycles. The van der Waals surface area contributed by atoms with E-state index >= 15 is 0 Å². The van der Waals surface area contributed by atoms with Crippen molar-refractivity contribution in [1.29, 1.82) is 0 Å². The smallest absolute Gasteiger partial charge is 0.421 e. The highest BCUT2D eigenvalue weighted by Gasteiger charge is 2.50. The van der Waals surface area contributed by atoms with Crippen molar-refractivity contribution in [2.45, 2.75) is 71.0 Å². The minimum Gasteiger partial charge on any atom is -0.461 e. The quantitative estimate of drug-likeness (QED) is 0.214. The Bertz CT molecular complexity index is 1050. The molecule has 12 heteroatoms. The first-order valence-corrected chi connectivity index (χ1v) is 13.6. The number of benzene rings is 1. The predicted molar refractivity (Wildman–Crippen MR) is 130 cm³/mol. The number of hydrogen-bond donors (Lipinski definition) is 1. The second-order valence-electron chi connectivity index (χ2n) is 9.23. The third kappa shape index (κ3) is 6.73. The van der Waals surface area contributed by atoms with Gasteiger partial charge in [0.2, 0.25) is 5.91 Å². The van der Waals surface area contributed by atoms with Crippen LogP contribution in [0.15, 0.2) is 47.6 Å². The Hall–Kier alpha value is -2.72. The van der Waals surface area contributed by atoms with Crippen molar-refractivity contribution < 1.29 is 37.4 Å². The number of carbonyl (C=O) groups excluding carboxylic acids is 2. The molecule has 1 aromatic rings. The van der Waals surface area contributed by atoms with Crippen LogP contribution in [0.4, 0.5) is 0 Å². The molecule has 0 bridgehead atoms. The van der Waals surface area contributed by atoms with E-state index in [-0.39, 0.29) is 43.2 Å². The van der Waals surface area contributed by atoms with Crippen molar-refractivity contribution in [3.05, 3.63) is 42.6 Å². The molecule has 1 amide bonds. The number of fused-ring (bicyclic) bond motifs is 1. The Balaban J connectivity index is 1.42. The monoisotopic (exact) mass is 521 g/mol. The molecular weight excluding hydrogens is 489 g/mol. The summed E-state index contributed by atoms with van der Waals surface area (Å²) in [6.07, 6.45) is 2.11. The van der Waals surface area contributed by atoms with Gasteiger partial charge >= 0.3 is 13.6 Å². The van der Waals surface area contributed by atoms with Crippen LogP contribution in [0.3, 0.4) is 0 Å². The van der Waals surface area contributed by atoms with Crippen molar-refractivity contribution in [1.82, 2.24) is 10.2 Å². The zero-order valence-electron chi connectivity index (χ0n) is 20.7. The minimum atomic E-state index is -3.91. The van der Waals surface area contributed by atoms with E-state index in [9.17, 15) is 14.2 Å². The fourth-order valence-electron chi connectivity index (χ4n) is 3.84. The number of nitrogens with zero attached hydrogens (tertiary/aromatic N) is 2. The van der Waals surface area contributed by atoms with Crippen LogP contribution in [0.2, 0.25) is 0 Å². The first kappa shape index (κ1) is 26.3. The van der Waals surface area contributed by atoms with Crippen molar-refractivity contribution in [2.75, 3.05) is 6.61 Å². The minimum absolute atomic E-state index is 0.0255. The molecular formula is C24H32N3O8P. The molecule has 1 aromatic carbocycles. The summed E-state index contributed by atoms with van der Waals surface area (Å²) in [5.74, 6) is 0.699. The summed E-state index contributed by atoms with van der Waals surface area (Å²) >= 11 is 0. The zero-order chi connectivity index (χ0) is 25.9. The number of rotatable bonds is 10. The Labute approximate surface area is 210 Å². The second kappa shape index (κ2) is 11.1. The van der Waals surface area contributed by atoms with E-state index in [0.717, 1.165) is 5.96 Å². The van der Waals surface area contributed by atoms with Crippen LogP contribution < -0.4 is 9.84 Å². The maximum Gasteiger partial charge on any atom is 0.421 e. The molecule has 3 aliphatic heterocycles. The Morgan fingerprint density at radius 1 is 1.28 bits per heavy atom. The molecule has 36 heavy (non-hydrogen) atoms. The van der Waals surface area contributed by atoms with Crippen LogP contribution in [-0.4, -0.2) is 66.3 Å². The molecule has 2 saturated heterocycles. The van der Waals surface area contributed by atoms with Crippen LogP contribution in [0.25, 0.3) is 0 Å². The normalized spacial score (nSPS) is 29.9. The van der Waals surface area contributed by atoms with Gasteiger partial charge in [-0.15, -0.1) is 0 Å². The van der Waals surface area contributed by atoms with Gasteiger partial charge in [-0.1, -0.05) is 25.1 Å². The highest BCUT2D eigenvalue weighted by molar-refractivity contribution is 7.70. The Morgan fingerprint density at radius 3 is 2.75 bits per heavy atom. The lowest BCUT2D eigenvalue weighted by Gasteiger charge is -2.25. The highest BCUT2D eigenvalue weighted by atomic mass is 31.2. The SMILES string of the molecule is CC(C)OC(=O)[C@H](C)N=CP(=O)(OC[C@H]1O[C@@H](N2C=CC(=O)NC3OC32)CC1C)Oc1ccccc1. The summed E-state index contributed by atoms with van der Waals surface area (Å²) in [4.78, 5) is 29.8. The second-order valence-corrected chi connectivity index (χ2v) is 11.0. The van der Waals surface area contributed by atoms with Gasteiger partial charge in [0, 0.05) is 12.3 Å². The van der Waals surface area contributed by atoms with Gasteiger partial charge in [-0.3, -0.25) is 14.3 Å². The van der Waals surface area contributed by atoms with Crippen LogP contribution in [0, 0.1) is 5.92 Å². The zero-order valence-corrected chi connectivity index (χ0v) is 21.6. The Kier molecular flexibility index (Phi) is 8.14. The summed E-state index contributed by atoms with van der Waals surface area (Å²) in [5, 5.41) is 2.73. The summed E-state index contributed by atoms with van der Waals surface area (Å²) < 4.78 is 42.0. The average molecular weight is 522 g/mol. The maximum atomic E-state index is 13.6. The number of hydrogen-bond acceptors (Lipinski definition) is 10. The van der Waals surface area contributed by atoms with E-state index in [2.05, 4.69) is 10.3 Å². The molecule has 196 valence electrons. The first-order chi connectivity index (χ1) is 17.1. The third-order valence-corrected chi connectivity index (χ3v) is 7.23. The van der Waals surface area contributed by atoms with E-state index in [4.69, 9.17) is 23.3 Å². The average Bonchev–Trinajstić information content (AvgIpc) is 3.50. The Morgan fingerprint density at radius 2 is 2.03 bits per heavy atom. The molecule has 2 fully saturated rings. The van der Waals surface area contributed by atoms with Gasteiger partial charge in [0.1, 0.15) is 24.0 Å². The summed E-state index contributed by atoms with van der Waals surface area (Å²) in [6.45, 7) is 7.00. The molecule has 3 heterocycles. The van der Waals surface area contributed by atoms with Crippen LogP contribution in [0.1, 0.15) is 34.1 Å². The largest absolute Gasteiger partial charge is 0.461 e. The molecule has 7 atom stereocenters. The van der Waals surface area contributed by atoms with E-state index in [1.54, 1.807) is 57.3 Å². The van der Waals surface area contributed by atoms with E-state index < -0.39 is 25.7 Å². The lowest BCUT2D eigenvalue weighted by atomic mass is 10.0. The molecule has 0 radical (unpaired) electrons. The first-order valence-electron chi connectivity index (χ1n) is 11.9. The van der Waals surface area contributed by atoms with Crippen LogP contribution in [-0.2, 0) is 32.9 Å². The van der Waals surface area contributed by atoms with Crippen molar-refractivity contribution in [2.24, 2.45) is 10.9 Å². The van der Waals surface area contributed by atoms with Gasteiger partial charge < -0.3 is 29.0 Å². The van der Waals surface area contributed by atoms with Gasteiger partial charge in [0.25, 0.3) is 0 Å². The van der Waals surface area contributed by atoms with Gasteiger partial charge in [0.15, 0.2) is 12.5 Å². The third-order valence-electron chi connectivity index (χ3n) is 5.84. The lowest BCUT2D eigenvalue weighted by Crippen LogP contribution is -2.35. The van der Waals surface area contributed by atoms with E-state index in [1.807, 2.05) is 11.8 Å². The number of carbonyl (C=O) groups is 2. The van der Waals surface area contributed by atoms with Gasteiger partial charge in [-0.25, -0.2) is 9.36 Å². The standard InChI is InChI=1S/C24H32N3O8P/c1-15(2)32-24(29)17(4)25-14-36(30,35-18-8-6-5-7-9-18)31-13-19-16(3)12-21(33-19)27-11-10-20(28)26-22-23(27)34-22/h5-11,14-17,19,21-23H,12-13H2,1-4H3,(H,26,28)/t16?,17-,19+,21+,22?,23?,36?/m0/s1. The molecule has 4 rings (SSSR count). The number of para-hydroxylation sites is 1. The van der Waals surface area contributed by atoms with Gasteiger partial charge in [-0.2, -0.15) is 0 Å². The number of epoxide rings is 1. The number of esters is 1. The maximum absolute atomic E-state index is 13.6. The van der Waals surface area contributed by atoms with Crippen LogP contribution in [0.5, 0.6) is 5.75 Å². The summed E-state index contributed by atoms with van der Waals surface area (Å²) in [7, 11) is -3.91. The molecule has 0 spiro atoms. The molecule has 0 aromatic heterocycles. The topological polar surface area (TPSA) is 128 Å². The highest BCUT2D eigenvalue weighted by Crippen LogP contribution is 2.47. The molecule has 4 unspecified atom stereocenters. The van der Waals surface area contributed by atoms with Crippen LogP contribution >= 0.6 is 7.60 Å². The lowest BCUT2D eigenvalue weighted by molar-refractivity contribution is -0.148. The van der Waals surface area contributed by atoms with E-state index in [0.29, 0.717) is 12.2 Å². The van der Waals surface area contributed by atoms with Gasteiger partial charge in [0.05, 0.1) is 18.8 Å². The molecule has 11 nitrogen and oxygen atoms in total. The molecule has 0 saturated carbocycles. The van der Waals surface area contributed by atoms with Crippen molar-refractivity contribution in [3.63, 3.8) is 0 Å². The van der Waals surface area contributed by atoms with Crippen molar-refractivity contribution >= 4 is 25.4 Å². The summed E-state index contributed by atoms with van der Waals surface area (Å²) in [5.41, 5.74) is 0. The van der Waals surface area contributed by atoms with E-state index in [1.165, 1.54) is 6.08 Å². The van der Waals surface area contributed by atoms with Gasteiger partial charge in [-0.05, 0) is 45.2 Å². The number of ether oxygens (including phenoxy) is 3. The molecule has 3 aliphatic rings. The fourth-order valence-corrected chi connectivity index (χ4v) is 5.14.